The number of allylic oxidation sites excluding steroid dienone is 1. The van der Waals surface area contributed by atoms with Crippen LogP contribution in [0.15, 0.2) is 12.2 Å². The summed E-state index contributed by atoms with van der Waals surface area (Å²) >= 11 is 0. The van der Waals surface area contributed by atoms with E-state index in [-0.39, 0.29) is 5.41 Å². The van der Waals surface area contributed by atoms with Crippen molar-refractivity contribution in [3.8, 4) is 0 Å². The zero-order chi connectivity index (χ0) is 11.5. The number of carbonyl (C=O) groups excluding carboxylic acids is 1. The van der Waals surface area contributed by atoms with Gasteiger partial charge in [-0.3, -0.25) is 0 Å². The second kappa shape index (κ2) is 4.45. The molecule has 3 nitrogen and oxygen atoms in total. The third-order valence-corrected chi connectivity index (χ3v) is 3.30. The molecule has 15 heavy (non-hydrogen) atoms. The van der Waals surface area contributed by atoms with E-state index in [0.29, 0.717) is 13.2 Å². The third-order valence-electron chi connectivity index (χ3n) is 3.30. The van der Waals surface area contributed by atoms with Crippen molar-refractivity contribution in [3.05, 3.63) is 12.2 Å². The fourth-order valence-electron chi connectivity index (χ4n) is 2.60. The van der Waals surface area contributed by atoms with E-state index in [4.69, 9.17) is 9.47 Å². The quantitative estimate of drug-likeness (QED) is 0.515. The van der Waals surface area contributed by atoms with Gasteiger partial charge in [0.2, 0.25) is 0 Å². The SMILES string of the molecule is C=C1CC(COC)(COC)CC1(C)C=O. The molecule has 1 unspecified atom stereocenters. The first kappa shape index (κ1) is 12.4. The van der Waals surface area contributed by atoms with E-state index in [2.05, 4.69) is 6.58 Å². The molecule has 1 rings (SSSR count). The van der Waals surface area contributed by atoms with Crippen molar-refractivity contribution in [2.75, 3.05) is 27.4 Å². The highest BCUT2D eigenvalue weighted by Gasteiger charge is 2.48. The summed E-state index contributed by atoms with van der Waals surface area (Å²) in [7, 11) is 3.35. The van der Waals surface area contributed by atoms with Crippen molar-refractivity contribution in [1.29, 1.82) is 0 Å². The van der Waals surface area contributed by atoms with Gasteiger partial charge in [0, 0.05) is 25.0 Å². The lowest BCUT2D eigenvalue weighted by Gasteiger charge is -2.28. The van der Waals surface area contributed by atoms with Gasteiger partial charge in [0.05, 0.1) is 13.2 Å². The molecule has 3 heteroatoms. The number of rotatable bonds is 5. The molecule has 0 aromatic rings. The highest BCUT2D eigenvalue weighted by molar-refractivity contribution is 5.65. The van der Waals surface area contributed by atoms with Crippen molar-refractivity contribution in [3.63, 3.8) is 0 Å². The topological polar surface area (TPSA) is 35.5 Å². The summed E-state index contributed by atoms with van der Waals surface area (Å²) in [4.78, 5) is 11.1. The predicted octanol–water partition coefficient (Wildman–Crippen LogP) is 1.82. The minimum absolute atomic E-state index is 0.0732. The number of aldehydes is 1. The van der Waals surface area contributed by atoms with Crippen LogP contribution in [0.5, 0.6) is 0 Å². The molecule has 0 aromatic heterocycles. The minimum atomic E-state index is -0.406. The molecule has 1 fully saturated rings. The first-order valence-electron chi connectivity index (χ1n) is 5.14. The summed E-state index contributed by atoms with van der Waals surface area (Å²) in [6, 6.07) is 0. The normalized spacial score (nSPS) is 29.4. The first-order valence-corrected chi connectivity index (χ1v) is 5.14. The maximum atomic E-state index is 11.1. The van der Waals surface area contributed by atoms with E-state index in [1.807, 2.05) is 6.92 Å². The minimum Gasteiger partial charge on any atom is -0.384 e. The molecule has 1 aliphatic carbocycles. The van der Waals surface area contributed by atoms with E-state index < -0.39 is 5.41 Å². The van der Waals surface area contributed by atoms with Crippen LogP contribution in [-0.2, 0) is 14.3 Å². The molecule has 0 amide bonds. The number of hydrogen-bond acceptors (Lipinski definition) is 3. The third kappa shape index (κ3) is 2.29. The molecule has 0 spiro atoms. The Hall–Kier alpha value is -0.670. The van der Waals surface area contributed by atoms with Gasteiger partial charge >= 0.3 is 0 Å². The molecule has 0 radical (unpaired) electrons. The van der Waals surface area contributed by atoms with Crippen LogP contribution in [0, 0.1) is 10.8 Å². The van der Waals surface area contributed by atoms with Crippen LogP contribution < -0.4 is 0 Å². The number of methoxy groups -OCH3 is 2. The molecule has 1 saturated carbocycles. The molecule has 0 saturated heterocycles. The van der Waals surface area contributed by atoms with Crippen LogP contribution in [0.3, 0.4) is 0 Å². The zero-order valence-corrected chi connectivity index (χ0v) is 9.84. The largest absolute Gasteiger partial charge is 0.384 e. The molecule has 86 valence electrons. The van der Waals surface area contributed by atoms with Crippen molar-refractivity contribution >= 4 is 6.29 Å². The fourth-order valence-corrected chi connectivity index (χ4v) is 2.60. The Kier molecular flexibility index (Phi) is 3.68. The molecule has 0 N–H and O–H groups in total. The van der Waals surface area contributed by atoms with Crippen molar-refractivity contribution in [2.24, 2.45) is 10.8 Å². The number of hydrogen-bond donors (Lipinski definition) is 0. The average Bonchev–Trinajstić information content (AvgIpc) is 2.41. The standard InChI is InChI=1S/C12H20O3/c1-10-5-12(8-14-3,9-15-4)6-11(10,2)7-13/h7H,1,5-6,8-9H2,2-4H3. The van der Waals surface area contributed by atoms with E-state index in [0.717, 1.165) is 24.7 Å². The van der Waals surface area contributed by atoms with Crippen LogP contribution in [0.2, 0.25) is 0 Å². The highest BCUT2D eigenvalue weighted by Crippen LogP contribution is 2.51. The summed E-state index contributed by atoms with van der Waals surface area (Å²) in [6.07, 6.45) is 2.58. The Morgan fingerprint density at radius 1 is 1.40 bits per heavy atom. The lowest BCUT2D eigenvalue weighted by Crippen LogP contribution is -2.30. The summed E-state index contributed by atoms with van der Waals surface area (Å²) < 4.78 is 10.5. The van der Waals surface area contributed by atoms with Gasteiger partial charge in [-0.05, 0) is 19.8 Å². The molecule has 1 atom stereocenters. The van der Waals surface area contributed by atoms with E-state index in [1.165, 1.54) is 0 Å². The van der Waals surface area contributed by atoms with Crippen molar-refractivity contribution in [1.82, 2.24) is 0 Å². The zero-order valence-electron chi connectivity index (χ0n) is 9.84. The maximum absolute atomic E-state index is 11.1. The Bertz CT molecular complexity index is 254. The Morgan fingerprint density at radius 3 is 2.27 bits per heavy atom. The maximum Gasteiger partial charge on any atom is 0.129 e. The van der Waals surface area contributed by atoms with Gasteiger partial charge in [-0.15, -0.1) is 0 Å². The van der Waals surface area contributed by atoms with Gasteiger partial charge in [0.25, 0.3) is 0 Å². The van der Waals surface area contributed by atoms with Gasteiger partial charge < -0.3 is 14.3 Å². The second-order valence-electron chi connectivity index (χ2n) is 4.86. The molecule has 0 aliphatic heterocycles. The summed E-state index contributed by atoms with van der Waals surface area (Å²) in [5.41, 5.74) is 0.513. The molecule has 0 aromatic carbocycles. The molecule has 1 aliphatic rings. The lowest BCUT2D eigenvalue weighted by atomic mass is 9.82. The monoisotopic (exact) mass is 212 g/mol. The molecule has 0 heterocycles. The smallest absolute Gasteiger partial charge is 0.129 e. The Balaban J connectivity index is 2.86. The van der Waals surface area contributed by atoms with Gasteiger partial charge in [-0.1, -0.05) is 12.2 Å². The molecular weight excluding hydrogens is 192 g/mol. The van der Waals surface area contributed by atoms with Crippen LogP contribution in [0.25, 0.3) is 0 Å². The van der Waals surface area contributed by atoms with Gasteiger partial charge in [-0.2, -0.15) is 0 Å². The van der Waals surface area contributed by atoms with Gasteiger partial charge in [0.15, 0.2) is 0 Å². The summed E-state index contributed by atoms with van der Waals surface area (Å²) in [6.45, 7) is 7.16. The fraction of sp³-hybridized carbons (Fsp3) is 0.750. The highest BCUT2D eigenvalue weighted by atomic mass is 16.5. The van der Waals surface area contributed by atoms with Crippen LogP contribution in [0.4, 0.5) is 0 Å². The lowest BCUT2D eigenvalue weighted by molar-refractivity contribution is -0.114. The predicted molar refractivity (Wildman–Crippen MR) is 58.7 cm³/mol. The second-order valence-corrected chi connectivity index (χ2v) is 4.86. The first-order chi connectivity index (χ1) is 7.02. The van der Waals surface area contributed by atoms with E-state index in [1.54, 1.807) is 14.2 Å². The molecular formula is C12H20O3. The molecule has 0 bridgehead atoms. The average molecular weight is 212 g/mol. The summed E-state index contributed by atoms with van der Waals surface area (Å²) in [5.74, 6) is 0. The van der Waals surface area contributed by atoms with Crippen LogP contribution in [0.1, 0.15) is 19.8 Å². The van der Waals surface area contributed by atoms with Crippen molar-refractivity contribution in [2.45, 2.75) is 19.8 Å². The van der Waals surface area contributed by atoms with Crippen molar-refractivity contribution < 1.29 is 14.3 Å². The van der Waals surface area contributed by atoms with E-state index in [9.17, 15) is 4.79 Å². The van der Waals surface area contributed by atoms with Gasteiger partial charge in [0.1, 0.15) is 6.29 Å². The van der Waals surface area contributed by atoms with E-state index >= 15 is 0 Å². The van der Waals surface area contributed by atoms with Gasteiger partial charge in [-0.25, -0.2) is 0 Å². The Morgan fingerprint density at radius 2 is 1.93 bits per heavy atom. The van der Waals surface area contributed by atoms with Crippen LogP contribution in [-0.4, -0.2) is 33.7 Å². The Labute approximate surface area is 91.4 Å². The number of ether oxygens (including phenoxy) is 2. The van der Waals surface area contributed by atoms with Crippen LogP contribution >= 0.6 is 0 Å². The summed E-state index contributed by atoms with van der Waals surface area (Å²) in [5, 5.41) is 0. The number of carbonyl (C=O) groups is 1.